The van der Waals surface area contributed by atoms with Crippen molar-refractivity contribution < 1.29 is 0 Å². The molecule has 0 bridgehead atoms. The van der Waals surface area contributed by atoms with Gasteiger partial charge in [-0.15, -0.1) is 5.10 Å². The van der Waals surface area contributed by atoms with Crippen LogP contribution in [-0.2, 0) is 0 Å². The van der Waals surface area contributed by atoms with E-state index < -0.39 is 0 Å². The van der Waals surface area contributed by atoms with Gasteiger partial charge in [-0.05, 0) is 24.6 Å². The van der Waals surface area contributed by atoms with Gasteiger partial charge in [-0.25, -0.2) is 0 Å². The second kappa shape index (κ2) is 8.85. The third-order valence-corrected chi connectivity index (χ3v) is 4.61. The lowest BCUT2D eigenvalue weighted by molar-refractivity contribution is 0.635. The second-order valence-corrected chi connectivity index (χ2v) is 6.67. The molecule has 0 spiro atoms. The Balaban J connectivity index is 1.55. The van der Waals surface area contributed by atoms with Crippen molar-refractivity contribution in [1.29, 1.82) is 0 Å². The van der Waals surface area contributed by atoms with Gasteiger partial charge < -0.3 is 15.1 Å². The normalized spacial score (nSPS) is 14.6. The Kier molecular flexibility index (Phi) is 6.28. The van der Waals surface area contributed by atoms with Gasteiger partial charge in [0.1, 0.15) is 0 Å². The predicted octanol–water partition coefficient (Wildman–Crippen LogP) is 3.45. The summed E-state index contributed by atoms with van der Waals surface area (Å²) in [5.41, 5.74) is 1.16. The number of nitrogens with zero attached hydrogens (tertiary/aromatic N) is 5. The number of nitrogens with one attached hydrogen (secondary N) is 1. The lowest BCUT2D eigenvalue weighted by Crippen LogP contribution is -2.47. The lowest BCUT2D eigenvalue weighted by atomic mass is 10.2. The van der Waals surface area contributed by atoms with Crippen molar-refractivity contribution in [1.82, 2.24) is 15.2 Å². The molecule has 1 saturated heterocycles. The average molecular weight is 361 g/mol. The number of aromatic nitrogens is 3. The number of halogens is 1. The molecule has 1 aliphatic rings. The minimum Gasteiger partial charge on any atom is -0.369 e. The molecular weight excluding hydrogens is 336 g/mol. The molecule has 2 heterocycles. The maximum atomic E-state index is 6.10. The highest BCUT2D eigenvalue weighted by molar-refractivity contribution is 6.30. The number of anilines is 3. The van der Waals surface area contributed by atoms with Crippen LogP contribution in [0.1, 0.15) is 26.2 Å². The third-order valence-electron chi connectivity index (χ3n) is 4.37. The maximum Gasteiger partial charge on any atom is 0.247 e. The molecule has 0 unspecified atom stereocenters. The summed E-state index contributed by atoms with van der Waals surface area (Å²) in [4.78, 5) is 9.13. The quantitative estimate of drug-likeness (QED) is 0.763. The summed E-state index contributed by atoms with van der Waals surface area (Å²) in [6.45, 7) is 6.69. The molecule has 0 atom stereocenters. The summed E-state index contributed by atoms with van der Waals surface area (Å²) in [7, 11) is 0. The van der Waals surface area contributed by atoms with Gasteiger partial charge in [0.25, 0.3) is 0 Å². The van der Waals surface area contributed by atoms with Crippen LogP contribution in [-0.4, -0.2) is 47.9 Å². The van der Waals surface area contributed by atoms with Crippen molar-refractivity contribution in [3.8, 4) is 0 Å². The van der Waals surface area contributed by atoms with Gasteiger partial charge in [0, 0.05) is 43.4 Å². The van der Waals surface area contributed by atoms with Crippen molar-refractivity contribution >= 4 is 29.1 Å². The minimum atomic E-state index is 0.700. The molecule has 1 aromatic heterocycles. The third kappa shape index (κ3) is 4.95. The molecular formula is C18H25ClN6. The first-order chi connectivity index (χ1) is 12.3. The Bertz CT molecular complexity index is 672. The Labute approximate surface area is 154 Å². The van der Waals surface area contributed by atoms with Crippen LogP contribution in [0.2, 0.25) is 5.02 Å². The molecule has 1 fully saturated rings. The van der Waals surface area contributed by atoms with Gasteiger partial charge in [0.15, 0.2) is 5.82 Å². The van der Waals surface area contributed by atoms with E-state index in [-0.39, 0.29) is 0 Å². The van der Waals surface area contributed by atoms with E-state index in [2.05, 4.69) is 43.3 Å². The van der Waals surface area contributed by atoms with Crippen LogP contribution in [0.3, 0.4) is 0 Å². The summed E-state index contributed by atoms with van der Waals surface area (Å²) < 4.78 is 0. The number of piperazine rings is 1. The Hall–Kier alpha value is -2.08. The Morgan fingerprint density at radius 3 is 2.68 bits per heavy atom. The zero-order valence-corrected chi connectivity index (χ0v) is 15.4. The molecule has 0 radical (unpaired) electrons. The van der Waals surface area contributed by atoms with Gasteiger partial charge in [-0.2, -0.15) is 10.1 Å². The highest BCUT2D eigenvalue weighted by Crippen LogP contribution is 2.22. The lowest BCUT2D eigenvalue weighted by Gasteiger charge is -2.36. The summed E-state index contributed by atoms with van der Waals surface area (Å²) in [6, 6.07) is 8.00. The van der Waals surface area contributed by atoms with Crippen LogP contribution in [0.25, 0.3) is 0 Å². The van der Waals surface area contributed by atoms with Crippen LogP contribution in [0.5, 0.6) is 0 Å². The van der Waals surface area contributed by atoms with Crippen LogP contribution in [0, 0.1) is 0 Å². The monoisotopic (exact) mass is 360 g/mol. The number of unbranched alkanes of at least 4 members (excludes halogenated alkanes) is 2. The van der Waals surface area contributed by atoms with Crippen molar-refractivity contribution in [3.05, 3.63) is 35.5 Å². The van der Waals surface area contributed by atoms with Crippen molar-refractivity contribution in [3.63, 3.8) is 0 Å². The standard InChI is InChI=1S/C18H25ClN6/c1-2-3-4-8-20-17-14-21-23-18(22-17)25-11-9-24(10-12-25)16-7-5-6-15(19)13-16/h5-7,13-14H,2-4,8-12H2,1H3,(H,20,22,23). The van der Waals surface area contributed by atoms with E-state index in [4.69, 9.17) is 11.6 Å². The molecule has 1 aliphatic heterocycles. The van der Waals surface area contributed by atoms with Crippen LogP contribution < -0.4 is 15.1 Å². The second-order valence-electron chi connectivity index (χ2n) is 6.23. The van der Waals surface area contributed by atoms with E-state index in [1.165, 1.54) is 12.8 Å². The molecule has 25 heavy (non-hydrogen) atoms. The Morgan fingerprint density at radius 1 is 1.12 bits per heavy atom. The van der Waals surface area contributed by atoms with Gasteiger partial charge in [-0.1, -0.05) is 37.4 Å². The van der Waals surface area contributed by atoms with Gasteiger partial charge in [0.05, 0.1) is 6.20 Å². The van der Waals surface area contributed by atoms with Crippen LogP contribution in [0.15, 0.2) is 30.5 Å². The fourth-order valence-electron chi connectivity index (χ4n) is 2.94. The minimum absolute atomic E-state index is 0.700. The summed E-state index contributed by atoms with van der Waals surface area (Å²) in [5, 5.41) is 12.4. The van der Waals surface area contributed by atoms with Crippen LogP contribution >= 0.6 is 11.6 Å². The maximum absolute atomic E-state index is 6.10. The van der Waals surface area contributed by atoms with Gasteiger partial charge >= 0.3 is 0 Å². The SMILES string of the molecule is CCCCCNc1cnnc(N2CCN(c3cccc(Cl)c3)CC2)n1. The summed E-state index contributed by atoms with van der Waals surface area (Å²) in [6.07, 6.45) is 5.28. The van der Waals surface area contributed by atoms with E-state index >= 15 is 0 Å². The molecule has 2 aromatic rings. The zero-order valence-electron chi connectivity index (χ0n) is 14.7. The Morgan fingerprint density at radius 2 is 1.92 bits per heavy atom. The fourth-order valence-corrected chi connectivity index (χ4v) is 3.13. The smallest absolute Gasteiger partial charge is 0.247 e. The highest BCUT2D eigenvalue weighted by atomic mass is 35.5. The number of benzene rings is 1. The largest absolute Gasteiger partial charge is 0.369 e. The van der Waals surface area contributed by atoms with Gasteiger partial charge in [0.2, 0.25) is 5.95 Å². The highest BCUT2D eigenvalue weighted by Gasteiger charge is 2.20. The van der Waals surface area contributed by atoms with E-state index in [1.54, 1.807) is 6.20 Å². The first kappa shape index (κ1) is 17.7. The molecule has 1 aromatic carbocycles. The van der Waals surface area contributed by atoms with E-state index in [1.807, 2.05) is 18.2 Å². The number of rotatable bonds is 7. The molecule has 0 saturated carbocycles. The molecule has 7 heteroatoms. The average Bonchev–Trinajstić information content (AvgIpc) is 2.66. The first-order valence-corrected chi connectivity index (χ1v) is 9.33. The fraction of sp³-hybridized carbons (Fsp3) is 0.500. The molecule has 134 valence electrons. The summed E-state index contributed by atoms with van der Waals surface area (Å²) in [5.74, 6) is 1.50. The molecule has 3 rings (SSSR count). The molecule has 0 aliphatic carbocycles. The van der Waals surface area contributed by atoms with E-state index in [0.29, 0.717) is 5.95 Å². The van der Waals surface area contributed by atoms with Crippen molar-refractivity contribution in [2.45, 2.75) is 26.2 Å². The molecule has 1 N–H and O–H groups in total. The first-order valence-electron chi connectivity index (χ1n) is 8.95. The zero-order chi connectivity index (χ0) is 17.5. The topological polar surface area (TPSA) is 57.2 Å². The van der Waals surface area contributed by atoms with E-state index in [0.717, 1.165) is 55.7 Å². The molecule has 0 amide bonds. The number of hydrogen-bond donors (Lipinski definition) is 1. The summed E-state index contributed by atoms with van der Waals surface area (Å²) >= 11 is 6.10. The van der Waals surface area contributed by atoms with Gasteiger partial charge in [-0.3, -0.25) is 0 Å². The number of hydrogen-bond acceptors (Lipinski definition) is 6. The van der Waals surface area contributed by atoms with Crippen LogP contribution in [0.4, 0.5) is 17.5 Å². The molecule has 6 nitrogen and oxygen atoms in total. The predicted molar refractivity (Wildman–Crippen MR) is 104 cm³/mol. The van der Waals surface area contributed by atoms with E-state index in [9.17, 15) is 0 Å². The van der Waals surface area contributed by atoms with Crippen molar-refractivity contribution in [2.24, 2.45) is 0 Å². The van der Waals surface area contributed by atoms with Crippen molar-refractivity contribution in [2.75, 3.05) is 47.8 Å².